The van der Waals surface area contributed by atoms with E-state index in [4.69, 9.17) is 16.7 Å². The van der Waals surface area contributed by atoms with Crippen molar-refractivity contribution < 1.29 is 9.90 Å². The quantitative estimate of drug-likeness (QED) is 0.715. The van der Waals surface area contributed by atoms with E-state index in [-0.39, 0.29) is 10.6 Å². The van der Waals surface area contributed by atoms with Gasteiger partial charge in [-0.05, 0) is 17.8 Å². The van der Waals surface area contributed by atoms with Crippen LogP contribution in [0.3, 0.4) is 0 Å². The maximum absolute atomic E-state index is 11.0. The zero-order chi connectivity index (χ0) is 14.1. The van der Waals surface area contributed by atoms with Gasteiger partial charge in [-0.3, -0.25) is 0 Å². The number of aromatic amines is 1. The van der Waals surface area contributed by atoms with Crippen molar-refractivity contribution in [3.05, 3.63) is 35.5 Å². The number of pyridine rings is 1. The Kier molecular flexibility index (Phi) is 3.25. The fourth-order valence-electron chi connectivity index (χ4n) is 1.56. The first-order chi connectivity index (χ1) is 9.65. The van der Waals surface area contributed by atoms with Crippen molar-refractivity contribution in [1.29, 1.82) is 0 Å². The highest BCUT2D eigenvalue weighted by Gasteiger charge is 2.13. The first-order valence-corrected chi connectivity index (χ1v) is 6.55. The molecule has 0 aliphatic rings. The van der Waals surface area contributed by atoms with Gasteiger partial charge in [-0.15, -0.1) is 0 Å². The molecule has 0 aliphatic heterocycles. The number of rotatable bonds is 3. The monoisotopic (exact) mass is 307 g/mol. The summed E-state index contributed by atoms with van der Waals surface area (Å²) in [6, 6.07) is 1.40. The lowest BCUT2D eigenvalue weighted by atomic mass is 10.3. The summed E-state index contributed by atoms with van der Waals surface area (Å²) in [7, 11) is 0. The third-order valence-corrected chi connectivity index (χ3v) is 3.69. The van der Waals surface area contributed by atoms with E-state index in [9.17, 15) is 4.79 Å². The van der Waals surface area contributed by atoms with Crippen LogP contribution in [0.4, 0.5) is 0 Å². The second-order valence-corrected chi connectivity index (χ2v) is 5.11. The van der Waals surface area contributed by atoms with Crippen LogP contribution in [0.2, 0.25) is 5.02 Å². The topological polar surface area (TPSA) is 105 Å². The minimum atomic E-state index is -1.10. The number of nitrogens with one attached hydrogen (secondary N) is 1. The molecule has 2 N–H and O–H groups in total. The predicted molar refractivity (Wildman–Crippen MR) is 72.0 cm³/mol. The number of hydrogen-bond acceptors (Lipinski definition) is 6. The normalized spacial score (nSPS) is 10.8. The fraction of sp³-hybridized carbons (Fsp3) is 0. The molecule has 0 bridgehead atoms. The number of fused-ring (bicyclic) bond motifs is 1. The highest BCUT2D eigenvalue weighted by atomic mass is 35.5. The molecule has 0 saturated heterocycles. The van der Waals surface area contributed by atoms with Crippen LogP contribution >= 0.6 is 23.4 Å². The number of hydrogen-bond donors (Lipinski definition) is 2. The van der Waals surface area contributed by atoms with Gasteiger partial charge in [0.2, 0.25) is 0 Å². The smallest absolute Gasteiger partial charge is 0.337 e. The van der Waals surface area contributed by atoms with E-state index in [0.717, 1.165) is 0 Å². The van der Waals surface area contributed by atoms with Gasteiger partial charge in [0.15, 0.2) is 5.65 Å². The van der Waals surface area contributed by atoms with E-state index in [2.05, 4.69) is 24.9 Å². The summed E-state index contributed by atoms with van der Waals surface area (Å²) in [4.78, 5) is 30.2. The van der Waals surface area contributed by atoms with E-state index >= 15 is 0 Å². The number of nitrogens with zero attached hydrogens (tertiary/aromatic N) is 4. The van der Waals surface area contributed by atoms with Crippen LogP contribution < -0.4 is 0 Å². The van der Waals surface area contributed by atoms with Crippen LogP contribution in [0, 0.1) is 0 Å². The number of aromatic carboxylic acids is 1. The molecule has 100 valence electrons. The maximum Gasteiger partial charge on any atom is 0.337 e. The summed E-state index contributed by atoms with van der Waals surface area (Å²) >= 11 is 6.98. The Bertz CT molecular complexity index is 806. The highest BCUT2D eigenvalue weighted by Crippen LogP contribution is 2.30. The van der Waals surface area contributed by atoms with Crippen LogP contribution in [-0.2, 0) is 0 Å². The Hall–Kier alpha value is -2.19. The lowest BCUT2D eigenvalue weighted by Crippen LogP contribution is -1.99. The summed E-state index contributed by atoms with van der Waals surface area (Å²) in [5.41, 5.74) is 1.21. The maximum atomic E-state index is 11.0. The summed E-state index contributed by atoms with van der Waals surface area (Å²) < 4.78 is 0. The number of halogens is 1. The number of carboxylic acids is 1. The van der Waals surface area contributed by atoms with Crippen molar-refractivity contribution in [1.82, 2.24) is 24.9 Å². The molecule has 9 heteroatoms. The average molecular weight is 308 g/mol. The van der Waals surface area contributed by atoms with Crippen LogP contribution in [0.5, 0.6) is 0 Å². The Morgan fingerprint density at radius 3 is 2.95 bits per heavy atom. The molecule has 0 fully saturated rings. The molecular formula is C11H6ClN5O2S. The zero-order valence-electron chi connectivity index (χ0n) is 9.74. The van der Waals surface area contributed by atoms with Crippen molar-refractivity contribution in [2.75, 3.05) is 0 Å². The molecule has 0 amide bonds. The number of aromatic nitrogens is 5. The van der Waals surface area contributed by atoms with E-state index in [1.165, 1.54) is 36.7 Å². The van der Waals surface area contributed by atoms with Crippen molar-refractivity contribution in [3.8, 4) is 0 Å². The fourth-order valence-corrected chi connectivity index (χ4v) is 2.58. The summed E-state index contributed by atoms with van der Waals surface area (Å²) in [5, 5.41) is 10.2. The van der Waals surface area contributed by atoms with Gasteiger partial charge in [-0.25, -0.2) is 24.7 Å². The summed E-state index contributed by atoms with van der Waals surface area (Å²) in [6.07, 6.45) is 4.21. The molecule has 0 saturated carbocycles. The van der Waals surface area contributed by atoms with Crippen molar-refractivity contribution in [3.63, 3.8) is 0 Å². The van der Waals surface area contributed by atoms with Gasteiger partial charge >= 0.3 is 5.97 Å². The van der Waals surface area contributed by atoms with Crippen molar-refractivity contribution in [2.45, 2.75) is 10.1 Å². The minimum absolute atomic E-state index is 0.000854. The van der Waals surface area contributed by atoms with Gasteiger partial charge < -0.3 is 10.1 Å². The Balaban J connectivity index is 2.01. The highest BCUT2D eigenvalue weighted by molar-refractivity contribution is 7.99. The molecule has 0 radical (unpaired) electrons. The molecule has 20 heavy (non-hydrogen) atoms. The Morgan fingerprint density at radius 1 is 1.30 bits per heavy atom. The molecule has 0 unspecified atom stereocenters. The largest absolute Gasteiger partial charge is 0.478 e. The van der Waals surface area contributed by atoms with Gasteiger partial charge in [0.25, 0.3) is 0 Å². The molecule has 3 aromatic rings. The minimum Gasteiger partial charge on any atom is -0.478 e. The number of imidazole rings is 1. The summed E-state index contributed by atoms with van der Waals surface area (Å²) in [5.74, 6) is -1.10. The van der Waals surface area contributed by atoms with Gasteiger partial charge in [0, 0.05) is 6.20 Å². The molecule has 0 spiro atoms. The molecule has 0 atom stereocenters. The summed E-state index contributed by atoms with van der Waals surface area (Å²) in [6.45, 7) is 0. The average Bonchev–Trinajstić information content (AvgIpc) is 2.90. The van der Waals surface area contributed by atoms with Crippen LogP contribution in [0.15, 0.2) is 35.0 Å². The third kappa shape index (κ3) is 2.30. The van der Waals surface area contributed by atoms with E-state index in [1.54, 1.807) is 0 Å². The lowest BCUT2D eigenvalue weighted by Gasteiger charge is -2.03. The third-order valence-electron chi connectivity index (χ3n) is 2.45. The molecule has 3 rings (SSSR count). The van der Waals surface area contributed by atoms with Crippen LogP contribution in [0.25, 0.3) is 11.2 Å². The van der Waals surface area contributed by atoms with E-state index in [0.29, 0.717) is 21.2 Å². The van der Waals surface area contributed by atoms with Crippen LogP contribution in [-0.4, -0.2) is 36.0 Å². The SMILES string of the molecule is O=C(O)c1cc(Sc2ncnc3nc[nH]c23)ncc1Cl. The first-order valence-electron chi connectivity index (χ1n) is 5.36. The molecule has 7 nitrogen and oxygen atoms in total. The number of H-pyrrole nitrogens is 1. The molecule has 0 aliphatic carbocycles. The molecular weight excluding hydrogens is 302 g/mol. The molecule has 3 heterocycles. The standard InChI is InChI=1S/C11H6ClN5O2S/c12-6-2-13-7(1-5(6)11(18)19)20-10-8-9(15-3-14-8)16-4-17-10/h1-4H,(H,18,19)(H,14,15,16,17). The zero-order valence-corrected chi connectivity index (χ0v) is 11.3. The molecule has 0 aromatic carbocycles. The van der Waals surface area contributed by atoms with E-state index < -0.39 is 5.97 Å². The van der Waals surface area contributed by atoms with Gasteiger partial charge in [0.05, 0.1) is 16.9 Å². The lowest BCUT2D eigenvalue weighted by molar-refractivity contribution is 0.0696. The van der Waals surface area contributed by atoms with Gasteiger partial charge in [0.1, 0.15) is 21.9 Å². The van der Waals surface area contributed by atoms with E-state index in [1.807, 2.05) is 0 Å². The second-order valence-electron chi connectivity index (χ2n) is 3.69. The Labute approximate surface area is 121 Å². The van der Waals surface area contributed by atoms with Crippen LogP contribution in [0.1, 0.15) is 10.4 Å². The Morgan fingerprint density at radius 2 is 2.15 bits per heavy atom. The first kappa shape index (κ1) is 12.8. The van der Waals surface area contributed by atoms with Gasteiger partial charge in [-0.1, -0.05) is 11.6 Å². The molecule has 3 aromatic heterocycles. The van der Waals surface area contributed by atoms with Gasteiger partial charge in [-0.2, -0.15) is 0 Å². The number of carboxylic acid groups (broad SMARTS) is 1. The van der Waals surface area contributed by atoms with Crippen molar-refractivity contribution >= 4 is 40.5 Å². The second kappa shape index (κ2) is 5.06. The predicted octanol–water partition coefficient (Wildman–Crippen LogP) is 2.25. The number of carbonyl (C=O) groups is 1. The van der Waals surface area contributed by atoms with Crippen molar-refractivity contribution in [2.24, 2.45) is 0 Å².